The molecule has 1 unspecified atom stereocenters. The Labute approximate surface area is 111 Å². The molecule has 108 valence electrons. The number of aromatic nitrogens is 3. The number of halogens is 3. The summed E-state index contributed by atoms with van der Waals surface area (Å²) in [6.07, 6.45) is -2.15. The second-order valence-electron chi connectivity index (χ2n) is 4.28. The van der Waals surface area contributed by atoms with Gasteiger partial charge in [0, 0.05) is 24.5 Å². The third-order valence-corrected chi connectivity index (χ3v) is 2.54. The predicted molar refractivity (Wildman–Crippen MR) is 63.3 cm³/mol. The number of fused-ring (bicyclic) bond motifs is 1. The zero-order valence-electron chi connectivity index (χ0n) is 10.3. The number of nitrogens with one attached hydrogen (secondary N) is 1. The van der Waals surface area contributed by atoms with Crippen LogP contribution in [0, 0.1) is 0 Å². The minimum atomic E-state index is -4.55. The van der Waals surface area contributed by atoms with Crippen LogP contribution in [0.25, 0.3) is 5.52 Å². The molecule has 2 N–H and O–H groups in total. The van der Waals surface area contributed by atoms with E-state index < -0.39 is 23.9 Å². The van der Waals surface area contributed by atoms with E-state index in [2.05, 4.69) is 15.4 Å². The lowest BCUT2D eigenvalue weighted by Crippen LogP contribution is -2.20. The van der Waals surface area contributed by atoms with Gasteiger partial charge in [0.25, 0.3) is 0 Å². The maximum atomic E-state index is 12.6. The number of nitrogens with zero attached hydrogens (tertiary/aromatic N) is 3. The predicted octanol–water partition coefficient (Wildman–Crippen LogP) is 2.02. The van der Waals surface area contributed by atoms with Crippen LogP contribution >= 0.6 is 0 Å². The molecule has 0 aliphatic heterocycles. The van der Waals surface area contributed by atoms with Crippen molar-refractivity contribution in [2.45, 2.75) is 25.6 Å². The van der Waals surface area contributed by atoms with Crippen molar-refractivity contribution < 1.29 is 23.1 Å². The molecule has 0 spiro atoms. The van der Waals surface area contributed by atoms with E-state index in [1.807, 2.05) is 0 Å². The average Bonchev–Trinajstić information content (AvgIpc) is 2.72. The van der Waals surface area contributed by atoms with Crippen LogP contribution in [-0.2, 0) is 11.0 Å². The van der Waals surface area contributed by atoms with Gasteiger partial charge in [-0.2, -0.15) is 18.3 Å². The Morgan fingerprint density at radius 2 is 2.25 bits per heavy atom. The molecule has 0 fully saturated rings. The van der Waals surface area contributed by atoms with E-state index in [9.17, 15) is 18.0 Å². The molecule has 0 radical (unpaired) electrons. The number of rotatable bonds is 4. The molecule has 20 heavy (non-hydrogen) atoms. The topological polar surface area (TPSA) is 79.5 Å². The molecule has 2 rings (SSSR count). The molecule has 2 aromatic heterocycles. The van der Waals surface area contributed by atoms with E-state index in [1.165, 1.54) is 12.4 Å². The number of hydrogen-bond donors (Lipinski definition) is 2. The van der Waals surface area contributed by atoms with Gasteiger partial charge < -0.3 is 10.4 Å². The number of aliphatic carboxylic acids is 1. The molecule has 2 aromatic rings. The quantitative estimate of drug-likeness (QED) is 0.899. The van der Waals surface area contributed by atoms with Crippen LogP contribution in [0.4, 0.5) is 19.0 Å². The van der Waals surface area contributed by atoms with Crippen molar-refractivity contribution in [2.75, 3.05) is 5.32 Å². The summed E-state index contributed by atoms with van der Waals surface area (Å²) in [5.41, 5.74) is -0.892. The van der Waals surface area contributed by atoms with Crippen LogP contribution in [0.3, 0.4) is 0 Å². The van der Waals surface area contributed by atoms with Crippen molar-refractivity contribution in [3.8, 4) is 0 Å². The van der Waals surface area contributed by atoms with Gasteiger partial charge >= 0.3 is 12.1 Å². The van der Waals surface area contributed by atoms with Crippen molar-refractivity contribution in [2.24, 2.45) is 0 Å². The highest BCUT2D eigenvalue weighted by Gasteiger charge is 2.34. The summed E-state index contributed by atoms with van der Waals surface area (Å²) >= 11 is 0. The Hall–Kier alpha value is -2.32. The molecule has 1 atom stereocenters. The smallest absolute Gasteiger partial charge is 0.435 e. The maximum absolute atomic E-state index is 12.6. The van der Waals surface area contributed by atoms with Gasteiger partial charge in [0.05, 0.1) is 6.42 Å². The van der Waals surface area contributed by atoms with Crippen molar-refractivity contribution in [1.82, 2.24) is 14.6 Å². The fourth-order valence-corrected chi connectivity index (χ4v) is 1.72. The Morgan fingerprint density at radius 3 is 2.85 bits per heavy atom. The van der Waals surface area contributed by atoms with Crippen molar-refractivity contribution >= 4 is 17.3 Å². The molecule has 2 heterocycles. The van der Waals surface area contributed by atoms with Crippen LogP contribution in [0.1, 0.15) is 19.0 Å². The van der Waals surface area contributed by atoms with Crippen molar-refractivity contribution in [3.05, 3.63) is 24.2 Å². The second kappa shape index (κ2) is 4.99. The van der Waals surface area contributed by atoms with E-state index in [1.54, 1.807) is 6.92 Å². The highest BCUT2D eigenvalue weighted by molar-refractivity contribution is 5.71. The molecule has 9 heteroatoms. The first kappa shape index (κ1) is 14.1. The molecule has 6 nitrogen and oxygen atoms in total. The van der Waals surface area contributed by atoms with E-state index in [0.29, 0.717) is 0 Å². The van der Waals surface area contributed by atoms with Crippen LogP contribution < -0.4 is 5.32 Å². The minimum Gasteiger partial charge on any atom is -0.481 e. The van der Waals surface area contributed by atoms with Gasteiger partial charge in [-0.05, 0) is 6.92 Å². The van der Waals surface area contributed by atoms with Crippen LogP contribution in [0.2, 0.25) is 0 Å². The summed E-state index contributed by atoms with van der Waals surface area (Å²) in [6, 6.07) is 0.387. The number of carboxylic acids is 1. The number of carbonyl (C=O) groups is 1. The van der Waals surface area contributed by atoms with Gasteiger partial charge in [0.1, 0.15) is 5.52 Å². The fourth-order valence-electron chi connectivity index (χ4n) is 1.72. The molecule has 0 bridgehead atoms. The summed E-state index contributed by atoms with van der Waals surface area (Å²) in [5.74, 6) is -0.856. The number of hydrogen-bond acceptors (Lipinski definition) is 4. The van der Waals surface area contributed by atoms with E-state index in [4.69, 9.17) is 5.11 Å². The van der Waals surface area contributed by atoms with Crippen LogP contribution in [-0.4, -0.2) is 31.7 Å². The zero-order chi connectivity index (χ0) is 14.9. The number of anilines is 1. The summed E-state index contributed by atoms with van der Waals surface area (Å²) < 4.78 is 38.8. The molecule has 0 amide bonds. The van der Waals surface area contributed by atoms with Gasteiger partial charge in [-0.3, -0.25) is 4.79 Å². The number of carboxylic acid groups (broad SMARTS) is 1. The standard InChI is InChI=1S/C11H11F3N4O2/c1-6(4-9(19)20)16-10-7-5-8(11(12,13)14)17-18(7)3-2-15-10/h2-3,5-6H,4H2,1H3,(H,15,16)(H,19,20). The normalized spacial score (nSPS) is 13.4. The van der Waals surface area contributed by atoms with Crippen molar-refractivity contribution in [1.29, 1.82) is 0 Å². The summed E-state index contributed by atoms with van der Waals surface area (Å²) in [5, 5.41) is 14.8. The summed E-state index contributed by atoms with van der Waals surface area (Å²) in [4.78, 5) is 14.5. The van der Waals surface area contributed by atoms with E-state index >= 15 is 0 Å². The first-order chi connectivity index (χ1) is 9.27. The monoisotopic (exact) mass is 288 g/mol. The molecular weight excluding hydrogens is 277 g/mol. The van der Waals surface area contributed by atoms with Gasteiger partial charge in [-0.1, -0.05) is 0 Å². The van der Waals surface area contributed by atoms with Gasteiger partial charge in [-0.15, -0.1) is 0 Å². The SMILES string of the molecule is CC(CC(=O)O)Nc1nccn2nc(C(F)(F)F)cc12. The van der Waals surface area contributed by atoms with Crippen LogP contribution in [0.15, 0.2) is 18.5 Å². The minimum absolute atomic E-state index is 0.136. The molecule has 0 aliphatic rings. The van der Waals surface area contributed by atoms with Crippen LogP contribution in [0.5, 0.6) is 0 Å². The first-order valence-electron chi connectivity index (χ1n) is 5.67. The fraction of sp³-hybridized carbons (Fsp3) is 0.364. The lowest BCUT2D eigenvalue weighted by Gasteiger charge is -2.12. The van der Waals surface area contributed by atoms with Crippen molar-refractivity contribution in [3.63, 3.8) is 0 Å². The Kier molecular flexibility index (Phi) is 3.51. The molecule has 0 aliphatic carbocycles. The van der Waals surface area contributed by atoms with Gasteiger partial charge in [0.15, 0.2) is 11.5 Å². The highest BCUT2D eigenvalue weighted by Crippen LogP contribution is 2.30. The lowest BCUT2D eigenvalue weighted by atomic mass is 10.2. The first-order valence-corrected chi connectivity index (χ1v) is 5.67. The largest absolute Gasteiger partial charge is 0.481 e. The summed E-state index contributed by atoms with van der Waals surface area (Å²) in [6.45, 7) is 1.60. The maximum Gasteiger partial charge on any atom is 0.435 e. The Morgan fingerprint density at radius 1 is 1.55 bits per heavy atom. The third-order valence-electron chi connectivity index (χ3n) is 2.54. The summed E-state index contributed by atoms with van der Waals surface area (Å²) in [7, 11) is 0. The molecule has 0 aromatic carbocycles. The van der Waals surface area contributed by atoms with E-state index in [0.717, 1.165) is 10.6 Å². The Balaban J connectivity index is 2.34. The third kappa shape index (κ3) is 2.98. The molecular formula is C11H11F3N4O2. The van der Waals surface area contributed by atoms with Gasteiger partial charge in [-0.25, -0.2) is 9.50 Å². The molecule has 0 saturated carbocycles. The van der Waals surface area contributed by atoms with Gasteiger partial charge in [0.2, 0.25) is 0 Å². The number of alkyl halides is 3. The average molecular weight is 288 g/mol. The zero-order valence-corrected chi connectivity index (χ0v) is 10.3. The van der Waals surface area contributed by atoms with E-state index in [-0.39, 0.29) is 17.8 Å². The highest BCUT2D eigenvalue weighted by atomic mass is 19.4. The Bertz CT molecular complexity index is 638. The second-order valence-corrected chi connectivity index (χ2v) is 4.28. The lowest BCUT2D eigenvalue weighted by molar-refractivity contribution is -0.141. The molecule has 0 saturated heterocycles.